The summed E-state index contributed by atoms with van der Waals surface area (Å²) in [6.07, 6.45) is 1.69. The fraction of sp³-hybridized carbons (Fsp3) is 0.143. The number of rotatable bonds is 2. The zero-order valence-electron chi connectivity index (χ0n) is 10.8. The molecule has 0 aliphatic heterocycles. The highest BCUT2D eigenvalue weighted by atomic mass is 16.5. The number of aromatic nitrogens is 3. The Kier molecular flexibility index (Phi) is 2.59. The van der Waals surface area contributed by atoms with Gasteiger partial charge in [-0.3, -0.25) is 5.10 Å². The van der Waals surface area contributed by atoms with Gasteiger partial charge in [-0.25, -0.2) is 4.98 Å². The smallest absolute Gasteiger partial charge is 0.159 e. The van der Waals surface area contributed by atoms with E-state index in [9.17, 15) is 0 Å². The zero-order valence-corrected chi connectivity index (χ0v) is 10.8. The van der Waals surface area contributed by atoms with Crippen molar-refractivity contribution < 1.29 is 4.74 Å². The molecule has 0 fully saturated rings. The van der Waals surface area contributed by atoms with Gasteiger partial charge >= 0.3 is 0 Å². The lowest BCUT2D eigenvalue weighted by molar-refractivity contribution is 0.487. The van der Waals surface area contributed by atoms with Crippen LogP contribution < -0.4 is 10.5 Å². The van der Waals surface area contributed by atoms with Gasteiger partial charge in [0.1, 0.15) is 11.5 Å². The molecule has 5 nitrogen and oxygen atoms in total. The number of nitrogens with one attached hydrogen (secondary N) is 1. The van der Waals surface area contributed by atoms with Crippen LogP contribution in [0.1, 0.15) is 11.3 Å². The summed E-state index contributed by atoms with van der Waals surface area (Å²) >= 11 is 0. The molecule has 1 aromatic carbocycles. The molecule has 2 aromatic heterocycles. The number of hydrogen-bond acceptors (Lipinski definition) is 4. The molecule has 3 aromatic rings. The summed E-state index contributed by atoms with van der Waals surface area (Å²) in [6, 6.07) is 7.43. The monoisotopic (exact) mass is 254 g/mol. The summed E-state index contributed by atoms with van der Waals surface area (Å²) in [5, 5.41) is 7.92. The summed E-state index contributed by atoms with van der Waals surface area (Å²) in [5.74, 6) is 1.49. The second-order valence-corrected chi connectivity index (χ2v) is 4.46. The van der Waals surface area contributed by atoms with E-state index in [-0.39, 0.29) is 0 Å². The summed E-state index contributed by atoms with van der Waals surface area (Å²) in [5.41, 5.74) is 9.14. The summed E-state index contributed by atoms with van der Waals surface area (Å²) in [7, 11) is 0. The molecule has 0 radical (unpaired) electrons. The minimum atomic E-state index is 0.724. The summed E-state index contributed by atoms with van der Waals surface area (Å²) < 4.78 is 5.91. The molecule has 0 saturated carbocycles. The highest BCUT2D eigenvalue weighted by molar-refractivity contribution is 5.84. The van der Waals surface area contributed by atoms with Gasteiger partial charge in [0, 0.05) is 11.9 Å². The third-order valence-electron chi connectivity index (χ3n) is 3.07. The fourth-order valence-corrected chi connectivity index (χ4v) is 1.99. The van der Waals surface area contributed by atoms with Crippen LogP contribution in [0.25, 0.3) is 11.0 Å². The molecule has 5 heteroatoms. The molecule has 0 unspecified atom stereocenters. The summed E-state index contributed by atoms with van der Waals surface area (Å²) in [4.78, 5) is 4.22. The maximum atomic E-state index is 5.91. The van der Waals surface area contributed by atoms with Crippen LogP contribution in [0.5, 0.6) is 11.5 Å². The van der Waals surface area contributed by atoms with Crippen molar-refractivity contribution in [3.05, 3.63) is 41.7 Å². The first-order chi connectivity index (χ1) is 9.15. The van der Waals surface area contributed by atoms with Gasteiger partial charge in [-0.1, -0.05) is 0 Å². The van der Waals surface area contributed by atoms with Crippen molar-refractivity contribution in [2.45, 2.75) is 13.8 Å². The highest BCUT2D eigenvalue weighted by Crippen LogP contribution is 2.30. The Balaban J connectivity index is 2.05. The van der Waals surface area contributed by atoms with Gasteiger partial charge in [0.25, 0.3) is 0 Å². The minimum absolute atomic E-state index is 0.724. The Bertz CT molecular complexity index is 748. The molecule has 3 rings (SSSR count). The Morgan fingerprint density at radius 3 is 2.84 bits per heavy atom. The number of aryl methyl sites for hydroxylation is 2. The van der Waals surface area contributed by atoms with Gasteiger partial charge in [-0.05, 0) is 43.7 Å². The number of pyridine rings is 1. The standard InChI is InChI=1S/C14H14N4O/c1-8-7-10(3-4-11(8)15)19-12-5-6-16-14-13(12)9(2)17-18-14/h3-7H,15H2,1-2H3,(H,16,17,18). The Hall–Kier alpha value is -2.56. The predicted molar refractivity (Wildman–Crippen MR) is 74.3 cm³/mol. The molecule has 0 bridgehead atoms. The average Bonchev–Trinajstić information content (AvgIpc) is 2.77. The summed E-state index contributed by atoms with van der Waals surface area (Å²) in [6.45, 7) is 3.87. The van der Waals surface area contributed by atoms with Crippen molar-refractivity contribution in [1.29, 1.82) is 0 Å². The number of benzene rings is 1. The maximum Gasteiger partial charge on any atom is 0.159 e. The van der Waals surface area contributed by atoms with Gasteiger partial charge in [-0.15, -0.1) is 0 Å². The third-order valence-corrected chi connectivity index (χ3v) is 3.07. The van der Waals surface area contributed by atoms with Gasteiger partial charge < -0.3 is 10.5 Å². The zero-order chi connectivity index (χ0) is 13.4. The molecule has 3 N–H and O–H groups in total. The van der Waals surface area contributed by atoms with Gasteiger partial charge in [0.15, 0.2) is 5.65 Å². The molecule has 0 saturated heterocycles. The van der Waals surface area contributed by atoms with Crippen LogP contribution in [-0.4, -0.2) is 15.2 Å². The number of aromatic amines is 1. The number of nitrogens with two attached hydrogens (primary N) is 1. The van der Waals surface area contributed by atoms with E-state index >= 15 is 0 Å². The second kappa shape index (κ2) is 4.28. The maximum absolute atomic E-state index is 5.91. The fourth-order valence-electron chi connectivity index (χ4n) is 1.99. The van der Waals surface area contributed by atoms with E-state index in [0.29, 0.717) is 0 Å². The number of H-pyrrole nitrogens is 1. The molecule has 2 heterocycles. The molecular formula is C14H14N4O. The van der Waals surface area contributed by atoms with E-state index in [1.165, 1.54) is 0 Å². The van der Waals surface area contributed by atoms with Crippen molar-refractivity contribution in [2.75, 3.05) is 5.73 Å². The average molecular weight is 254 g/mol. The number of hydrogen-bond donors (Lipinski definition) is 2. The van der Waals surface area contributed by atoms with Crippen LogP contribution in [0.4, 0.5) is 5.69 Å². The first-order valence-corrected chi connectivity index (χ1v) is 5.99. The van der Waals surface area contributed by atoms with Crippen LogP contribution in [0.3, 0.4) is 0 Å². The second-order valence-electron chi connectivity index (χ2n) is 4.46. The lowest BCUT2D eigenvalue weighted by atomic mass is 10.2. The van der Waals surface area contributed by atoms with Crippen LogP contribution >= 0.6 is 0 Å². The van der Waals surface area contributed by atoms with Crippen LogP contribution in [-0.2, 0) is 0 Å². The number of ether oxygens (including phenoxy) is 1. The van der Waals surface area contributed by atoms with Gasteiger partial charge in [0.05, 0.1) is 11.1 Å². The van der Waals surface area contributed by atoms with E-state index in [2.05, 4.69) is 15.2 Å². The van der Waals surface area contributed by atoms with E-state index in [1.807, 2.05) is 38.1 Å². The van der Waals surface area contributed by atoms with Crippen LogP contribution in [0.15, 0.2) is 30.5 Å². The molecule has 19 heavy (non-hydrogen) atoms. The SMILES string of the molecule is Cc1cc(Oc2ccnc3[nH]nc(C)c23)ccc1N. The van der Waals surface area contributed by atoms with Crippen molar-refractivity contribution in [1.82, 2.24) is 15.2 Å². The third kappa shape index (κ3) is 1.99. The quantitative estimate of drug-likeness (QED) is 0.689. The highest BCUT2D eigenvalue weighted by Gasteiger charge is 2.10. The van der Waals surface area contributed by atoms with Gasteiger partial charge in [-0.2, -0.15) is 5.10 Å². The Morgan fingerprint density at radius 1 is 1.21 bits per heavy atom. The van der Waals surface area contributed by atoms with E-state index in [4.69, 9.17) is 10.5 Å². The van der Waals surface area contributed by atoms with Crippen molar-refractivity contribution in [2.24, 2.45) is 0 Å². The first-order valence-electron chi connectivity index (χ1n) is 5.99. The van der Waals surface area contributed by atoms with Gasteiger partial charge in [0.2, 0.25) is 0 Å². The number of nitrogen functional groups attached to an aromatic ring is 1. The molecule has 0 spiro atoms. The van der Waals surface area contributed by atoms with Crippen LogP contribution in [0, 0.1) is 13.8 Å². The Morgan fingerprint density at radius 2 is 2.05 bits per heavy atom. The van der Waals surface area contributed by atoms with Crippen molar-refractivity contribution in [3.8, 4) is 11.5 Å². The lowest BCUT2D eigenvalue weighted by Crippen LogP contribution is -1.91. The van der Waals surface area contributed by atoms with Crippen LogP contribution in [0.2, 0.25) is 0 Å². The molecule has 96 valence electrons. The minimum Gasteiger partial charge on any atom is -0.456 e. The van der Waals surface area contributed by atoms with E-state index in [0.717, 1.165) is 39.5 Å². The topological polar surface area (TPSA) is 76.8 Å². The normalized spacial score (nSPS) is 10.8. The number of fused-ring (bicyclic) bond motifs is 1. The number of anilines is 1. The van der Waals surface area contributed by atoms with E-state index < -0.39 is 0 Å². The molecule has 0 amide bonds. The molecule has 0 atom stereocenters. The predicted octanol–water partition coefficient (Wildman–Crippen LogP) is 2.95. The first kappa shape index (κ1) is 11.5. The molecule has 0 aliphatic carbocycles. The lowest BCUT2D eigenvalue weighted by Gasteiger charge is -2.08. The molecular weight excluding hydrogens is 240 g/mol. The molecule has 0 aliphatic rings. The van der Waals surface area contributed by atoms with E-state index in [1.54, 1.807) is 6.20 Å². The Labute approximate surface area is 110 Å². The largest absolute Gasteiger partial charge is 0.456 e. The van der Waals surface area contributed by atoms with Crippen molar-refractivity contribution >= 4 is 16.7 Å². The van der Waals surface area contributed by atoms with Crippen molar-refractivity contribution in [3.63, 3.8) is 0 Å². The number of nitrogens with zero attached hydrogens (tertiary/aromatic N) is 2.